The molecule has 0 saturated heterocycles. The molecule has 0 aliphatic carbocycles. The molecule has 3 aromatic rings. The second-order valence-electron chi connectivity index (χ2n) is 6.73. The van der Waals surface area contributed by atoms with Crippen LogP contribution in [0.3, 0.4) is 0 Å². The number of hydrogen-bond acceptors (Lipinski definition) is 5. The SMILES string of the molecule is COc1ccc(C(=O)Nc2cccc(C)n2)cc1S(=O)(=O)N(C)Cc1ccccc1. The number of aryl methyl sites for hydroxylation is 1. The van der Waals surface area contributed by atoms with Gasteiger partial charge in [-0.3, -0.25) is 4.79 Å². The molecule has 0 radical (unpaired) electrons. The molecule has 8 heteroatoms. The molecule has 2 aromatic carbocycles. The first-order valence-corrected chi connectivity index (χ1v) is 10.7. The number of aromatic nitrogens is 1. The predicted molar refractivity (Wildman–Crippen MR) is 115 cm³/mol. The summed E-state index contributed by atoms with van der Waals surface area (Å²) in [5, 5.41) is 2.68. The second-order valence-corrected chi connectivity index (χ2v) is 8.74. The minimum absolute atomic E-state index is 0.0757. The van der Waals surface area contributed by atoms with Crippen LogP contribution in [0.2, 0.25) is 0 Å². The van der Waals surface area contributed by atoms with E-state index >= 15 is 0 Å². The highest BCUT2D eigenvalue weighted by molar-refractivity contribution is 7.89. The zero-order chi connectivity index (χ0) is 21.7. The van der Waals surface area contributed by atoms with Gasteiger partial charge >= 0.3 is 0 Å². The third-order valence-corrected chi connectivity index (χ3v) is 6.32. The Morgan fingerprint density at radius 3 is 2.47 bits per heavy atom. The molecular weight excluding hydrogens is 402 g/mol. The van der Waals surface area contributed by atoms with E-state index < -0.39 is 15.9 Å². The molecule has 1 N–H and O–H groups in total. The number of pyridine rings is 1. The van der Waals surface area contributed by atoms with E-state index in [-0.39, 0.29) is 22.8 Å². The first-order chi connectivity index (χ1) is 14.3. The van der Waals surface area contributed by atoms with Crippen molar-refractivity contribution in [3.8, 4) is 5.75 Å². The lowest BCUT2D eigenvalue weighted by Gasteiger charge is -2.19. The fourth-order valence-corrected chi connectivity index (χ4v) is 4.25. The maximum atomic E-state index is 13.2. The van der Waals surface area contributed by atoms with Gasteiger partial charge in [0.25, 0.3) is 5.91 Å². The largest absolute Gasteiger partial charge is 0.495 e. The molecule has 1 amide bonds. The highest BCUT2D eigenvalue weighted by Crippen LogP contribution is 2.28. The summed E-state index contributed by atoms with van der Waals surface area (Å²) in [6.07, 6.45) is 0. The maximum Gasteiger partial charge on any atom is 0.256 e. The molecule has 0 aliphatic heterocycles. The van der Waals surface area contributed by atoms with Crippen LogP contribution < -0.4 is 10.1 Å². The number of rotatable bonds is 7. The zero-order valence-corrected chi connectivity index (χ0v) is 17.8. The molecule has 0 spiro atoms. The van der Waals surface area contributed by atoms with Crippen molar-refractivity contribution < 1.29 is 17.9 Å². The van der Waals surface area contributed by atoms with Crippen molar-refractivity contribution in [2.75, 3.05) is 19.5 Å². The fourth-order valence-electron chi connectivity index (χ4n) is 2.91. The van der Waals surface area contributed by atoms with Crippen LogP contribution in [0.25, 0.3) is 0 Å². The van der Waals surface area contributed by atoms with Gasteiger partial charge < -0.3 is 10.1 Å². The lowest BCUT2D eigenvalue weighted by Crippen LogP contribution is -2.27. The van der Waals surface area contributed by atoms with Crippen LogP contribution in [0.4, 0.5) is 5.82 Å². The van der Waals surface area contributed by atoms with Crippen LogP contribution in [0.15, 0.2) is 71.6 Å². The quantitative estimate of drug-likeness (QED) is 0.626. The summed E-state index contributed by atoms with van der Waals surface area (Å²) in [7, 11) is -1.02. The van der Waals surface area contributed by atoms with Crippen molar-refractivity contribution in [1.82, 2.24) is 9.29 Å². The van der Waals surface area contributed by atoms with E-state index in [2.05, 4.69) is 10.3 Å². The second kappa shape index (κ2) is 9.06. The normalized spacial score (nSPS) is 11.3. The summed E-state index contributed by atoms with van der Waals surface area (Å²) in [6, 6.07) is 18.8. The maximum absolute atomic E-state index is 13.2. The lowest BCUT2D eigenvalue weighted by atomic mass is 10.2. The van der Waals surface area contributed by atoms with Crippen molar-refractivity contribution in [2.24, 2.45) is 0 Å². The first-order valence-electron chi connectivity index (χ1n) is 9.24. The number of ether oxygens (including phenoxy) is 1. The van der Waals surface area contributed by atoms with Crippen LogP contribution in [-0.2, 0) is 16.6 Å². The molecule has 0 bridgehead atoms. The summed E-state index contributed by atoms with van der Waals surface area (Å²) >= 11 is 0. The van der Waals surface area contributed by atoms with Crippen LogP contribution in [-0.4, -0.2) is 37.8 Å². The van der Waals surface area contributed by atoms with Gasteiger partial charge in [0.2, 0.25) is 10.0 Å². The molecule has 7 nitrogen and oxygen atoms in total. The average molecular weight is 426 g/mol. The van der Waals surface area contributed by atoms with E-state index in [0.29, 0.717) is 5.82 Å². The van der Waals surface area contributed by atoms with Gasteiger partial charge in [-0.25, -0.2) is 13.4 Å². The number of carbonyl (C=O) groups is 1. The van der Waals surface area contributed by atoms with Gasteiger partial charge in [0.1, 0.15) is 16.5 Å². The summed E-state index contributed by atoms with van der Waals surface area (Å²) in [4.78, 5) is 16.8. The Bertz CT molecular complexity index is 1150. The molecule has 0 saturated carbocycles. The molecular formula is C22H23N3O4S. The van der Waals surface area contributed by atoms with Crippen molar-refractivity contribution >= 4 is 21.7 Å². The molecule has 1 aromatic heterocycles. The number of hydrogen-bond donors (Lipinski definition) is 1. The summed E-state index contributed by atoms with van der Waals surface area (Å²) < 4.78 is 32.9. The smallest absolute Gasteiger partial charge is 0.256 e. The number of anilines is 1. The Kier molecular flexibility index (Phi) is 6.49. The molecule has 0 aliphatic rings. The van der Waals surface area contributed by atoms with Crippen LogP contribution >= 0.6 is 0 Å². The van der Waals surface area contributed by atoms with Gasteiger partial charge in [0.05, 0.1) is 7.11 Å². The molecule has 0 atom stereocenters. The Morgan fingerprint density at radius 1 is 1.07 bits per heavy atom. The number of nitrogens with one attached hydrogen (secondary N) is 1. The zero-order valence-electron chi connectivity index (χ0n) is 17.0. The van der Waals surface area contributed by atoms with E-state index in [9.17, 15) is 13.2 Å². The Hall–Kier alpha value is -3.23. The van der Waals surface area contributed by atoms with Gasteiger partial charge in [-0.05, 0) is 42.8 Å². The minimum Gasteiger partial charge on any atom is -0.495 e. The molecule has 0 fully saturated rings. The van der Waals surface area contributed by atoms with Crippen LogP contribution in [0.5, 0.6) is 5.75 Å². The fraction of sp³-hybridized carbons (Fsp3) is 0.182. The standard InChI is InChI=1S/C22H23N3O4S/c1-16-8-7-11-21(23-16)24-22(26)18-12-13-19(29-3)20(14-18)30(27,28)25(2)15-17-9-5-4-6-10-17/h4-14H,15H2,1-3H3,(H,23,24,26). The van der Waals surface area contributed by atoms with E-state index in [0.717, 1.165) is 11.3 Å². The first kappa shape index (κ1) is 21.5. The average Bonchev–Trinajstić information content (AvgIpc) is 2.74. The van der Waals surface area contributed by atoms with E-state index in [4.69, 9.17) is 4.74 Å². The number of amides is 1. The summed E-state index contributed by atoms with van der Waals surface area (Å²) in [5.41, 5.74) is 1.79. The van der Waals surface area contributed by atoms with Gasteiger partial charge in [-0.1, -0.05) is 36.4 Å². The van der Waals surface area contributed by atoms with E-state index in [1.54, 1.807) is 12.1 Å². The predicted octanol–water partition coefficient (Wildman–Crippen LogP) is 3.47. The van der Waals surface area contributed by atoms with Gasteiger partial charge in [0.15, 0.2) is 0 Å². The Morgan fingerprint density at radius 2 is 1.80 bits per heavy atom. The summed E-state index contributed by atoms with van der Waals surface area (Å²) in [5.74, 6) is 0.0967. The molecule has 0 unspecified atom stereocenters. The minimum atomic E-state index is -3.90. The van der Waals surface area contributed by atoms with Crippen molar-refractivity contribution in [3.63, 3.8) is 0 Å². The number of carbonyl (C=O) groups excluding carboxylic acids is 1. The highest BCUT2D eigenvalue weighted by atomic mass is 32.2. The van der Waals surface area contributed by atoms with Gasteiger partial charge in [0, 0.05) is 24.8 Å². The van der Waals surface area contributed by atoms with Crippen LogP contribution in [0, 0.1) is 6.92 Å². The molecule has 156 valence electrons. The third-order valence-electron chi connectivity index (χ3n) is 4.49. The molecule has 3 rings (SSSR count). The number of methoxy groups -OCH3 is 1. The third kappa shape index (κ3) is 4.84. The highest BCUT2D eigenvalue weighted by Gasteiger charge is 2.26. The van der Waals surface area contributed by atoms with E-state index in [1.807, 2.05) is 43.3 Å². The number of benzene rings is 2. The van der Waals surface area contributed by atoms with Crippen molar-refractivity contribution in [1.29, 1.82) is 0 Å². The number of sulfonamides is 1. The lowest BCUT2D eigenvalue weighted by molar-refractivity contribution is 0.102. The Balaban J connectivity index is 1.90. The monoisotopic (exact) mass is 425 g/mol. The van der Waals surface area contributed by atoms with Crippen molar-refractivity contribution in [2.45, 2.75) is 18.4 Å². The Labute approximate surface area is 176 Å². The molecule has 1 heterocycles. The number of nitrogens with zero attached hydrogens (tertiary/aromatic N) is 2. The summed E-state index contributed by atoms with van der Waals surface area (Å²) in [6.45, 7) is 2.01. The topological polar surface area (TPSA) is 88.6 Å². The van der Waals surface area contributed by atoms with Gasteiger partial charge in [-0.2, -0.15) is 4.31 Å². The van der Waals surface area contributed by atoms with Gasteiger partial charge in [-0.15, -0.1) is 0 Å². The molecule has 30 heavy (non-hydrogen) atoms. The van der Waals surface area contributed by atoms with Crippen molar-refractivity contribution in [3.05, 3.63) is 83.6 Å². The van der Waals surface area contributed by atoms with Crippen LogP contribution in [0.1, 0.15) is 21.6 Å². The van der Waals surface area contributed by atoms with E-state index in [1.165, 1.54) is 36.7 Å².